The van der Waals surface area contributed by atoms with Crippen LogP contribution in [0.5, 0.6) is 0 Å². The second kappa shape index (κ2) is 5.31. The Morgan fingerprint density at radius 2 is 2.32 bits per heavy atom. The van der Waals surface area contributed by atoms with Crippen LogP contribution in [0.4, 0.5) is 5.82 Å². The summed E-state index contributed by atoms with van der Waals surface area (Å²) in [4.78, 5) is 4.13. The molecule has 3 rings (SSSR count). The molecule has 0 saturated carbocycles. The van der Waals surface area contributed by atoms with Crippen LogP contribution in [0.25, 0.3) is 0 Å². The highest BCUT2D eigenvalue weighted by Gasteiger charge is 2.28. The molecule has 7 nitrogen and oxygen atoms in total. The maximum atomic E-state index is 5.91. The average molecular weight is 260 g/mol. The summed E-state index contributed by atoms with van der Waals surface area (Å²) in [7, 11) is 0. The molecule has 0 radical (unpaired) electrons. The topological polar surface area (TPSA) is 88.6 Å². The Morgan fingerprint density at radius 3 is 3.05 bits per heavy atom. The van der Waals surface area contributed by atoms with Crippen LogP contribution in [0, 0.1) is 6.92 Å². The number of nitrogens with one attached hydrogen (secondary N) is 2. The molecule has 2 atom stereocenters. The lowest BCUT2D eigenvalue weighted by Gasteiger charge is -2.13. The zero-order valence-electron chi connectivity index (χ0n) is 10.7. The van der Waals surface area contributed by atoms with Crippen molar-refractivity contribution >= 4 is 5.82 Å². The minimum absolute atomic E-state index is 0.0263. The van der Waals surface area contributed by atoms with E-state index in [1.54, 1.807) is 0 Å². The largest absolute Gasteiger partial charge is 0.366 e. The Balaban J connectivity index is 1.51. The van der Waals surface area contributed by atoms with Crippen molar-refractivity contribution in [2.75, 3.05) is 11.9 Å². The van der Waals surface area contributed by atoms with Crippen molar-refractivity contribution in [2.45, 2.75) is 32.0 Å². The zero-order chi connectivity index (χ0) is 13.1. The molecule has 1 aliphatic rings. The Morgan fingerprint density at radius 1 is 1.37 bits per heavy atom. The van der Waals surface area contributed by atoms with Crippen molar-refractivity contribution in [1.29, 1.82) is 0 Å². The molecule has 2 aromatic rings. The van der Waals surface area contributed by atoms with Crippen LogP contribution >= 0.6 is 0 Å². The first kappa shape index (κ1) is 12.0. The predicted molar refractivity (Wildman–Crippen MR) is 68.5 cm³/mol. The van der Waals surface area contributed by atoms with Gasteiger partial charge in [0.15, 0.2) is 5.82 Å². The molecule has 2 aromatic heterocycles. The Bertz CT molecular complexity index is 512. The maximum Gasteiger partial charge on any atom is 0.153 e. The number of aromatic nitrogens is 5. The van der Waals surface area contributed by atoms with Crippen LogP contribution in [-0.4, -0.2) is 38.0 Å². The standard InChI is InChI=1S/C12H16N6O/c1-8-2-5-11(17-16-8)13-6-9-3-4-10(19-9)12-14-7-15-18-12/h2,5,7,9-10H,3-4,6H2,1H3,(H,13,17)(H,14,15,18)/t9-,10+/m1/s1. The van der Waals surface area contributed by atoms with Gasteiger partial charge < -0.3 is 10.1 Å². The number of H-pyrrole nitrogens is 1. The lowest BCUT2D eigenvalue weighted by atomic mass is 10.2. The summed E-state index contributed by atoms with van der Waals surface area (Å²) in [6.45, 7) is 2.64. The third kappa shape index (κ3) is 2.87. The summed E-state index contributed by atoms with van der Waals surface area (Å²) < 4.78 is 5.91. The summed E-state index contributed by atoms with van der Waals surface area (Å²) in [5, 5.41) is 18.0. The minimum Gasteiger partial charge on any atom is -0.366 e. The summed E-state index contributed by atoms with van der Waals surface area (Å²) in [5.41, 5.74) is 0.910. The fourth-order valence-corrected chi connectivity index (χ4v) is 2.14. The highest BCUT2D eigenvalue weighted by atomic mass is 16.5. The Hall–Kier alpha value is -2.02. The fraction of sp³-hybridized carbons (Fsp3) is 0.500. The van der Waals surface area contributed by atoms with Gasteiger partial charge in [0.1, 0.15) is 18.2 Å². The second-order valence-electron chi connectivity index (χ2n) is 4.64. The van der Waals surface area contributed by atoms with Crippen molar-refractivity contribution in [3.05, 3.63) is 30.0 Å². The van der Waals surface area contributed by atoms with Crippen LogP contribution in [0.2, 0.25) is 0 Å². The molecule has 19 heavy (non-hydrogen) atoms. The highest BCUT2D eigenvalue weighted by Crippen LogP contribution is 2.30. The first-order chi connectivity index (χ1) is 9.31. The van der Waals surface area contributed by atoms with E-state index in [-0.39, 0.29) is 12.2 Å². The van der Waals surface area contributed by atoms with E-state index in [2.05, 4.69) is 30.7 Å². The fourth-order valence-electron chi connectivity index (χ4n) is 2.14. The summed E-state index contributed by atoms with van der Waals surface area (Å²) in [6.07, 6.45) is 3.65. The highest BCUT2D eigenvalue weighted by molar-refractivity contribution is 5.32. The number of anilines is 1. The van der Waals surface area contributed by atoms with Gasteiger partial charge in [-0.15, -0.1) is 5.10 Å². The van der Waals surface area contributed by atoms with Gasteiger partial charge >= 0.3 is 0 Å². The van der Waals surface area contributed by atoms with Gasteiger partial charge in [0, 0.05) is 6.54 Å². The summed E-state index contributed by atoms with van der Waals surface area (Å²) in [6, 6.07) is 3.85. The van der Waals surface area contributed by atoms with E-state index in [0.717, 1.165) is 36.7 Å². The molecule has 7 heteroatoms. The van der Waals surface area contributed by atoms with E-state index in [0.29, 0.717) is 0 Å². The third-order valence-electron chi connectivity index (χ3n) is 3.15. The van der Waals surface area contributed by atoms with Crippen molar-refractivity contribution in [3.8, 4) is 0 Å². The lowest BCUT2D eigenvalue weighted by Crippen LogP contribution is -2.19. The summed E-state index contributed by atoms with van der Waals surface area (Å²) >= 11 is 0. The molecular formula is C12H16N6O. The van der Waals surface area contributed by atoms with Gasteiger partial charge in [0.05, 0.1) is 11.8 Å². The van der Waals surface area contributed by atoms with Gasteiger partial charge in [-0.3, -0.25) is 5.10 Å². The van der Waals surface area contributed by atoms with E-state index >= 15 is 0 Å². The number of aromatic amines is 1. The van der Waals surface area contributed by atoms with Crippen LogP contribution in [0.3, 0.4) is 0 Å². The smallest absolute Gasteiger partial charge is 0.153 e. The number of ether oxygens (including phenoxy) is 1. The Labute approximate surface area is 110 Å². The van der Waals surface area contributed by atoms with Crippen molar-refractivity contribution < 1.29 is 4.74 Å². The minimum atomic E-state index is 0.0263. The quantitative estimate of drug-likeness (QED) is 0.859. The van der Waals surface area contributed by atoms with Crippen molar-refractivity contribution in [2.24, 2.45) is 0 Å². The molecule has 0 aromatic carbocycles. The third-order valence-corrected chi connectivity index (χ3v) is 3.15. The number of hydrogen-bond donors (Lipinski definition) is 2. The van der Waals surface area contributed by atoms with Gasteiger partial charge in [-0.05, 0) is 31.9 Å². The molecule has 0 amide bonds. The molecule has 1 aliphatic heterocycles. The van der Waals surface area contributed by atoms with E-state index in [1.165, 1.54) is 6.33 Å². The number of hydrogen-bond acceptors (Lipinski definition) is 6. The van der Waals surface area contributed by atoms with Gasteiger partial charge in [0.2, 0.25) is 0 Å². The number of rotatable bonds is 4. The van der Waals surface area contributed by atoms with E-state index in [9.17, 15) is 0 Å². The van der Waals surface area contributed by atoms with Gasteiger partial charge in [-0.25, -0.2) is 4.98 Å². The van der Waals surface area contributed by atoms with Crippen molar-refractivity contribution in [1.82, 2.24) is 25.4 Å². The predicted octanol–water partition coefficient (Wildman–Crippen LogP) is 1.24. The van der Waals surface area contributed by atoms with Gasteiger partial charge in [-0.1, -0.05) is 0 Å². The van der Waals surface area contributed by atoms with Crippen LogP contribution in [0.15, 0.2) is 18.5 Å². The van der Waals surface area contributed by atoms with Gasteiger partial charge in [-0.2, -0.15) is 10.2 Å². The number of aryl methyl sites for hydroxylation is 1. The van der Waals surface area contributed by atoms with E-state index in [4.69, 9.17) is 4.74 Å². The SMILES string of the molecule is Cc1ccc(NC[C@H]2CC[C@@H](c3ncn[nH]3)O2)nn1. The molecule has 2 N–H and O–H groups in total. The molecule has 0 aliphatic carbocycles. The lowest BCUT2D eigenvalue weighted by molar-refractivity contribution is 0.0472. The zero-order valence-corrected chi connectivity index (χ0v) is 10.7. The molecule has 3 heterocycles. The van der Waals surface area contributed by atoms with Gasteiger partial charge in [0.25, 0.3) is 0 Å². The monoisotopic (exact) mass is 260 g/mol. The molecule has 0 bridgehead atoms. The molecule has 0 unspecified atom stereocenters. The molecule has 1 saturated heterocycles. The number of nitrogens with zero attached hydrogens (tertiary/aromatic N) is 4. The van der Waals surface area contributed by atoms with Crippen LogP contribution in [0.1, 0.15) is 30.5 Å². The van der Waals surface area contributed by atoms with Crippen LogP contribution < -0.4 is 5.32 Å². The Kier molecular flexibility index (Phi) is 3.37. The first-order valence-corrected chi connectivity index (χ1v) is 6.36. The summed E-state index contributed by atoms with van der Waals surface area (Å²) in [5.74, 6) is 1.58. The van der Waals surface area contributed by atoms with Crippen molar-refractivity contribution in [3.63, 3.8) is 0 Å². The molecular weight excluding hydrogens is 244 g/mol. The average Bonchev–Trinajstić information content (AvgIpc) is 3.09. The first-order valence-electron chi connectivity index (χ1n) is 6.36. The van der Waals surface area contributed by atoms with E-state index < -0.39 is 0 Å². The van der Waals surface area contributed by atoms with E-state index in [1.807, 2.05) is 19.1 Å². The normalized spacial score (nSPS) is 22.6. The molecule has 1 fully saturated rings. The maximum absolute atomic E-state index is 5.91. The second-order valence-corrected chi connectivity index (χ2v) is 4.64. The van der Waals surface area contributed by atoms with Crippen LogP contribution in [-0.2, 0) is 4.74 Å². The molecule has 100 valence electrons. The molecule has 0 spiro atoms.